The normalized spacial score (nSPS) is 18.6. The molecule has 0 spiro atoms. The molecule has 2 aromatic heterocycles. The molecule has 1 atom stereocenters. The first-order chi connectivity index (χ1) is 11.2. The summed E-state index contributed by atoms with van der Waals surface area (Å²) in [5.74, 6) is 2.83. The number of rotatable bonds is 6. The summed E-state index contributed by atoms with van der Waals surface area (Å²) < 4.78 is 2.34. The Labute approximate surface area is 139 Å². The maximum Gasteiger partial charge on any atom is 0.128 e. The van der Waals surface area contributed by atoms with Gasteiger partial charge in [0.05, 0.1) is 0 Å². The lowest BCUT2D eigenvalue weighted by Gasteiger charge is -2.33. The Morgan fingerprint density at radius 3 is 2.91 bits per heavy atom. The first-order valence-electron chi connectivity index (χ1n) is 8.56. The Bertz CT molecular complexity index is 592. The summed E-state index contributed by atoms with van der Waals surface area (Å²) in [6.07, 6.45) is 9.53. The third-order valence-electron chi connectivity index (χ3n) is 4.51. The number of hydrogen-bond donors (Lipinski definition) is 0. The Morgan fingerprint density at radius 2 is 2.13 bits per heavy atom. The third kappa shape index (κ3) is 4.10. The van der Waals surface area contributed by atoms with Gasteiger partial charge in [0, 0.05) is 44.1 Å². The van der Waals surface area contributed by atoms with Gasteiger partial charge >= 0.3 is 0 Å². The van der Waals surface area contributed by atoms with Crippen LogP contribution >= 0.6 is 0 Å². The maximum atomic E-state index is 4.67. The molecule has 23 heavy (non-hydrogen) atoms. The van der Waals surface area contributed by atoms with E-state index in [0.717, 1.165) is 38.4 Å². The highest BCUT2D eigenvalue weighted by Crippen LogP contribution is 2.28. The van der Waals surface area contributed by atoms with Crippen molar-refractivity contribution in [3.63, 3.8) is 0 Å². The van der Waals surface area contributed by atoms with Crippen molar-refractivity contribution in [2.24, 2.45) is 0 Å². The van der Waals surface area contributed by atoms with Crippen molar-refractivity contribution in [2.45, 2.75) is 31.7 Å². The molecular formula is C18H27N5. The lowest BCUT2D eigenvalue weighted by molar-refractivity contribution is 0.380. The lowest BCUT2D eigenvalue weighted by Crippen LogP contribution is -2.36. The molecular weight excluding hydrogens is 286 g/mol. The molecule has 2 aromatic rings. The van der Waals surface area contributed by atoms with Gasteiger partial charge in [-0.2, -0.15) is 0 Å². The minimum Gasteiger partial charge on any atom is -0.356 e. The Morgan fingerprint density at radius 1 is 1.22 bits per heavy atom. The van der Waals surface area contributed by atoms with E-state index in [-0.39, 0.29) is 0 Å². The van der Waals surface area contributed by atoms with E-state index in [9.17, 15) is 0 Å². The fraction of sp³-hybridized carbons (Fsp3) is 0.556. The number of aryl methyl sites for hydroxylation is 1. The van der Waals surface area contributed by atoms with Crippen molar-refractivity contribution in [3.8, 4) is 0 Å². The highest BCUT2D eigenvalue weighted by atomic mass is 15.2. The summed E-state index contributed by atoms with van der Waals surface area (Å²) in [5.41, 5.74) is 0. The van der Waals surface area contributed by atoms with E-state index in [1.54, 1.807) is 0 Å². The van der Waals surface area contributed by atoms with E-state index in [1.807, 2.05) is 18.5 Å². The minimum atomic E-state index is 0.500. The number of imidazole rings is 1. The molecule has 1 fully saturated rings. The largest absolute Gasteiger partial charge is 0.356 e. The minimum absolute atomic E-state index is 0.500. The lowest BCUT2D eigenvalue weighted by atomic mass is 9.97. The van der Waals surface area contributed by atoms with Crippen LogP contribution in [0.3, 0.4) is 0 Å². The summed E-state index contributed by atoms with van der Waals surface area (Å²) in [6.45, 7) is 4.27. The van der Waals surface area contributed by atoms with Crippen LogP contribution in [0, 0.1) is 0 Å². The van der Waals surface area contributed by atoms with Gasteiger partial charge in [-0.1, -0.05) is 6.07 Å². The van der Waals surface area contributed by atoms with E-state index < -0.39 is 0 Å². The molecule has 0 radical (unpaired) electrons. The Kier molecular flexibility index (Phi) is 5.28. The van der Waals surface area contributed by atoms with Gasteiger partial charge < -0.3 is 14.4 Å². The SMILES string of the molecule is CN(C)CCCn1ccnc1C1CCCN(c2ccccn2)C1. The number of aromatic nitrogens is 3. The monoisotopic (exact) mass is 313 g/mol. The standard InChI is InChI=1S/C18H27N5/c1-21(2)11-6-13-22-14-10-20-18(22)16-7-5-12-23(15-16)17-8-3-4-9-19-17/h3-4,8-10,14,16H,5-7,11-13,15H2,1-2H3. The first kappa shape index (κ1) is 16.0. The van der Waals surface area contributed by atoms with Gasteiger partial charge in [0.25, 0.3) is 0 Å². The van der Waals surface area contributed by atoms with Crippen molar-refractivity contribution in [2.75, 3.05) is 38.6 Å². The second-order valence-electron chi connectivity index (χ2n) is 6.61. The quantitative estimate of drug-likeness (QED) is 0.821. The zero-order valence-electron chi connectivity index (χ0n) is 14.2. The molecule has 5 nitrogen and oxygen atoms in total. The van der Waals surface area contributed by atoms with Gasteiger partial charge in [0.2, 0.25) is 0 Å². The van der Waals surface area contributed by atoms with Crippen LogP contribution in [-0.4, -0.2) is 53.2 Å². The molecule has 0 aromatic carbocycles. The first-order valence-corrected chi connectivity index (χ1v) is 8.56. The molecule has 1 unspecified atom stereocenters. The smallest absolute Gasteiger partial charge is 0.128 e. The van der Waals surface area contributed by atoms with Crippen LogP contribution in [0.2, 0.25) is 0 Å². The summed E-state index contributed by atoms with van der Waals surface area (Å²) in [4.78, 5) is 13.8. The van der Waals surface area contributed by atoms with Crippen LogP contribution in [0.4, 0.5) is 5.82 Å². The van der Waals surface area contributed by atoms with Crippen LogP contribution < -0.4 is 4.90 Å². The Balaban J connectivity index is 1.66. The number of hydrogen-bond acceptors (Lipinski definition) is 4. The Hall–Kier alpha value is -1.88. The summed E-state index contributed by atoms with van der Waals surface area (Å²) in [5, 5.41) is 0. The van der Waals surface area contributed by atoms with Gasteiger partial charge in [0.1, 0.15) is 11.6 Å². The molecule has 1 saturated heterocycles. The molecule has 1 aliphatic rings. The van der Waals surface area contributed by atoms with Gasteiger partial charge in [-0.15, -0.1) is 0 Å². The molecule has 5 heteroatoms. The molecule has 0 bridgehead atoms. The van der Waals surface area contributed by atoms with Crippen molar-refractivity contribution in [1.29, 1.82) is 0 Å². The average molecular weight is 313 g/mol. The van der Waals surface area contributed by atoms with Crippen molar-refractivity contribution in [1.82, 2.24) is 19.4 Å². The number of nitrogens with zero attached hydrogens (tertiary/aromatic N) is 5. The molecule has 3 heterocycles. The van der Waals surface area contributed by atoms with Crippen molar-refractivity contribution >= 4 is 5.82 Å². The van der Waals surface area contributed by atoms with Crippen LogP contribution in [-0.2, 0) is 6.54 Å². The topological polar surface area (TPSA) is 37.2 Å². The van der Waals surface area contributed by atoms with Crippen molar-refractivity contribution in [3.05, 3.63) is 42.6 Å². The van der Waals surface area contributed by atoms with E-state index in [0.29, 0.717) is 5.92 Å². The third-order valence-corrected chi connectivity index (χ3v) is 4.51. The van der Waals surface area contributed by atoms with Gasteiger partial charge in [-0.25, -0.2) is 9.97 Å². The summed E-state index contributed by atoms with van der Waals surface area (Å²) >= 11 is 0. The van der Waals surface area contributed by atoms with Crippen LogP contribution in [0.5, 0.6) is 0 Å². The molecule has 1 aliphatic heterocycles. The number of piperidine rings is 1. The number of pyridine rings is 1. The van der Waals surface area contributed by atoms with E-state index >= 15 is 0 Å². The van der Waals surface area contributed by atoms with Crippen LogP contribution in [0.1, 0.15) is 31.0 Å². The molecule has 3 rings (SSSR count). The van der Waals surface area contributed by atoms with Crippen molar-refractivity contribution < 1.29 is 0 Å². The molecule has 0 saturated carbocycles. The van der Waals surface area contributed by atoms with E-state index in [1.165, 1.54) is 18.7 Å². The second-order valence-corrected chi connectivity index (χ2v) is 6.61. The van der Waals surface area contributed by atoms with Crippen LogP contribution in [0.25, 0.3) is 0 Å². The molecule has 0 aliphatic carbocycles. The average Bonchev–Trinajstić information content (AvgIpc) is 3.04. The second kappa shape index (κ2) is 7.59. The van der Waals surface area contributed by atoms with Gasteiger partial charge in [0.15, 0.2) is 0 Å². The highest BCUT2D eigenvalue weighted by molar-refractivity contribution is 5.39. The molecule has 0 amide bonds. The summed E-state index contributed by atoms with van der Waals surface area (Å²) in [7, 11) is 4.25. The predicted octanol–water partition coefficient (Wildman–Crippen LogP) is 2.61. The maximum absolute atomic E-state index is 4.67. The van der Waals surface area contributed by atoms with Gasteiger partial charge in [-0.3, -0.25) is 0 Å². The highest BCUT2D eigenvalue weighted by Gasteiger charge is 2.25. The zero-order chi connectivity index (χ0) is 16.1. The predicted molar refractivity (Wildman–Crippen MR) is 93.8 cm³/mol. The fourth-order valence-corrected chi connectivity index (χ4v) is 3.36. The molecule has 0 N–H and O–H groups in total. The van der Waals surface area contributed by atoms with E-state index in [4.69, 9.17) is 0 Å². The fourth-order valence-electron chi connectivity index (χ4n) is 3.36. The van der Waals surface area contributed by atoms with E-state index in [2.05, 4.69) is 56.8 Å². The molecule has 124 valence electrons. The summed E-state index contributed by atoms with van der Waals surface area (Å²) in [6, 6.07) is 6.14. The van der Waals surface area contributed by atoms with Crippen LogP contribution in [0.15, 0.2) is 36.8 Å². The number of anilines is 1. The van der Waals surface area contributed by atoms with Gasteiger partial charge in [-0.05, 0) is 52.0 Å². The zero-order valence-corrected chi connectivity index (χ0v) is 14.2.